The van der Waals surface area contributed by atoms with Crippen LogP contribution in [0.5, 0.6) is 0 Å². The summed E-state index contributed by atoms with van der Waals surface area (Å²) >= 11 is 1.49. The molecular formula is C14H22N2O3S. The van der Waals surface area contributed by atoms with Gasteiger partial charge < -0.3 is 15.7 Å². The molecule has 1 heterocycles. The molecule has 2 amide bonds. The van der Waals surface area contributed by atoms with Crippen molar-refractivity contribution in [3.05, 3.63) is 22.4 Å². The van der Waals surface area contributed by atoms with Crippen LogP contribution in [0.4, 0.5) is 0 Å². The Hall–Kier alpha value is -1.40. The van der Waals surface area contributed by atoms with Crippen molar-refractivity contribution < 1.29 is 14.7 Å². The largest absolute Gasteiger partial charge is 0.384 e. The van der Waals surface area contributed by atoms with E-state index in [-0.39, 0.29) is 24.3 Å². The number of amides is 2. The molecule has 112 valence electrons. The standard InChI is InChI=1S/C14H22N2O3S/c1-9(2)12(16-10(3)17)13(18)15-8-14(4,19)11-5-6-20-7-11/h5-7,9,12,19H,8H2,1-4H3,(H,15,18)(H,16,17). The van der Waals surface area contributed by atoms with Gasteiger partial charge in [-0.1, -0.05) is 13.8 Å². The molecule has 20 heavy (non-hydrogen) atoms. The minimum Gasteiger partial charge on any atom is -0.384 e. The van der Waals surface area contributed by atoms with Crippen molar-refractivity contribution in [2.24, 2.45) is 5.92 Å². The molecule has 1 rings (SSSR count). The highest BCUT2D eigenvalue weighted by Crippen LogP contribution is 2.22. The van der Waals surface area contributed by atoms with E-state index in [4.69, 9.17) is 0 Å². The topological polar surface area (TPSA) is 78.4 Å². The first-order valence-corrected chi connectivity index (χ1v) is 7.48. The predicted octanol–water partition coefficient (Wildman–Crippen LogP) is 1.23. The summed E-state index contributed by atoms with van der Waals surface area (Å²) < 4.78 is 0. The second-order valence-electron chi connectivity index (χ2n) is 5.43. The van der Waals surface area contributed by atoms with Crippen LogP contribution in [-0.2, 0) is 15.2 Å². The van der Waals surface area contributed by atoms with E-state index in [1.165, 1.54) is 18.3 Å². The molecule has 0 aliphatic heterocycles. The number of nitrogens with one attached hydrogen (secondary N) is 2. The zero-order valence-electron chi connectivity index (χ0n) is 12.3. The Morgan fingerprint density at radius 2 is 2.10 bits per heavy atom. The van der Waals surface area contributed by atoms with E-state index in [2.05, 4.69) is 10.6 Å². The van der Waals surface area contributed by atoms with E-state index < -0.39 is 11.6 Å². The number of carbonyl (C=O) groups excluding carboxylic acids is 2. The van der Waals surface area contributed by atoms with Gasteiger partial charge in [0.25, 0.3) is 0 Å². The van der Waals surface area contributed by atoms with Crippen molar-refractivity contribution in [2.45, 2.75) is 39.3 Å². The summed E-state index contributed by atoms with van der Waals surface area (Å²) in [6.45, 7) is 6.85. The van der Waals surface area contributed by atoms with E-state index >= 15 is 0 Å². The molecule has 3 N–H and O–H groups in total. The fourth-order valence-corrected chi connectivity index (χ4v) is 2.58. The fraction of sp³-hybridized carbons (Fsp3) is 0.571. The van der Waals surface area contributed by atoms with Crippen LogP contribution >= 0.6 is 11.3 Å². The highest BCUT2D eigenvalue weighted by molar-refractivity contribution is 7.08. The molecule has 0 aromatic carbocycles. The lowest BCUT2D eigenvalue weighted by molar-refractivity contribution is -0.129. The van der Waals surface area contributed by atoms with Gasteiger partial charge in [-0.15, -0.1) is 0 Å². The van der Waals surface area contributed by atoms with Crippen molar-refractivity contribution >= 4 is 23.2 Å². The van der Waals surface area contributed by atoms with Crippen molar-refractivity contribution in [3.63, 3.8) is 0 Å². The normalized spacial score (nSPS) is 15.5. The Morgan fingerprint density at radius 3 is 2.55 bits per heavy atom. The molecule has 0 saturated heterocycles. The molecule has 6 heteroatoms. The predicted molar refractivity (Wildman–Crippen MR) is 79.3 cm³/mol. The van der Waals surface area contributed by atoms with Crippen molar-refractivity contribution in [2.75, 3.05) is 6.54 Å². The number of hydrogen-bond acceptors (Lipinski definition) is 4. The van der Waals surface area contributed by atoms with Crippen molar-refractivity contribution in [1.29, 1.82) is 0 Å². The lowest BCUT2D eigenvalue weighted by Crippen LogP contribution is -2.51. The van der Waals surface area contributed by atoms with Crippen LogP contribution in [0.2, 0.25) is 0 Å². The summed E-state index contributed by atoms with van der Waals surface area (Å²) in [5, 5.41) is 19.4. The average Bonchev–Trinajstić information content (AvgIpc) is 2.87. The summed E-state index contributed by atoms with van der Waals surface area (Å²) in [7, 11) is 0. The van der Waals surface area contributed by atoms with E-state index in [9.17, 15) is 14.7 Å². The molecule has 1 aromatic heterocycles. The summed E-state index contributed by atoms with van der Waals surface area (Å²) in [6.07, 6.45) is 0. The summed E-state index contributed by atoms with van der Waals surface area (Å²) in [6, 6.07) is 1.23. The maximum absolute atomic E-state index is 12.1. The molecule has 0 spiro atoms. The smallest absolute Gasteiger partial charge is 0.242 e. The molecular weight excluding hydrogens is 276 g/mol. The zero-order chi connectivity index (χ0) is 15.3. The summed E-state index contributed by atoms with van der Waals surface area (Å²) in [4.78, 5) is 23.2. The van der Waals surface area contributed by atoms with Gasteiger partial charge in [0.1, 0.15) is 11.6 Å². The maximum atomic E-state index is 12.1. The molecule has 0 radical (unpaired) electrons. The van der Waals surface area contributed by atoms with Crippen LogP contribution < -0.4 is 10.6 Å². The monoisotopic (exact) mass is 298 g/mol. The highest BCUT2D eigenvalue weighted by Gasteiger charge is 2.28. The van der Waals surface area contributed by atoms with Crippen LogP contribution in [0, 0.1) is 5.92 Å². The van der Waals surface area contributed by atoms with Crippen molar-refractivity contribution in [3.8, 4) is 0 Å². The quantitative estimate of drug-likeness (QED) is 0.739. The minimum absolute atomic E-state index is 0.0232. The Kier molecular flexibility index (Phi) is 5.71. The first-order valence-electron chi connectivity index (χ1n) is 6.54. The average molecular weight is 298 g/mol. The lowest BCUT2D eigenvalue weighted by Gasteiger charge is -2.26. The number of carbonyl (C=O) groups is 2. The highest BCUT2D eigenvalue weighted by atomic mass is 32.1. The van der Waals surface area contributed by atoms with Crippen LogP contribution in [0.1, 0.15) is 33.3 Å². The van der Waals surface area contributed by atoms with Gasteiger partial charge in [0.2, 0.25) is 11.8 Å². The van der Waals surface area contributed by atoms with Crippen LogP contribution in [0.25, 0.3) is 0 Å². The molecule has 2 unspecified atom stereocenters. The van der Waals surface area contributed by atoms with Gasteiger partial charge in [0.15, 0.2) is 0 Å². The Balaban J connectivity index is 2.63. The Labute approximate surface area is 123 Å². The first-order chi connectivity index (χ1) is 9.24. The number of thiophene rings is 1. The maximum Gasteiger partial charge on any atom is 0.242 e. The Morgan fingerprint density at radius 1 is 1.45 bits per heavy atom. The van der Waals surface area contributed by atoms with E-state index in [0.717, 1.165) is 5.56 Å². The van der Waals surface area contributed by atoms with E-state index in [1.807, 2.05) is 30.7 Å². The van der Waals surface area contributed by atoms with Gasteiger partial charge in [-0.2, -0.15) is 11.3 Å². The van der Waals surface area contributed by atoms with Gasteiger partial charge in [0.05, 0.1) is 6.54 Å². The molecule has 0 aliphatic rings. The van der Waals surface area contributed by atoms with Gasteiger partial charge in [0, 0.05) is 6.92 Å². The van der Waals surface area contributed by atoms with Gasteiger partial charge in [-0.05, 0) is 35.2 Å². The fourth-order valence-electron chi connectivity index (χ4n) is 1.80. The SMILES string of the molecule is CC(=O)NC(C(=O)NCC(C)(O)c1ccsc1)C(C)C. The van der Waals surface area contributed by atoms with Gasteiger partial charge in [-0.3, -0.25) is 9.59 Å². The van der Waals surface area contributed by atoms with Crippen LogP contribution in [0.3, 0.4) is 0 Å². The second kappa shape index (κ2) is 6.85. The Bertz CT molecular complexity index is 455. The second-order valence-corrected chi connectivity index (χ2v) is 6.21. The molecule has 1 aromatic rings. The third-order valence-corrected chi connectivity index (χ3v) is 3.74. The minimum atomic E-state index is -1.12. The molecule has 2 atom stereocenters. The third-order valence-electron chi connectivity index (χ3n) is 3.06. The van der Waals surface area contributed by atoms with Gasteiger partial charge in [-0.25, -0.2) is 0 Å². The zero-order valence-corrected chi connectivity index (χ0v) is 13.1. The lowest BCUT2D eigenvalue weighted by atomic mass is 9.98. The molecule has 0 bridgehead atoms. The number of rotatable bonds is 6. The van der Waals surface area contributed by atoms with Crippen LogP contribution in [0.15, 0.2) is 16.8 Å². The van der Waals surface area contributed by atoms with E-state index in [0.29, 0.717) is 0 Å². The molecule has 0 aliphatic carbocycles. The van der Waals surface area contributed by atoms with Crippen molar-refractivity contribution in [1.82, 2.24) is 10.6 Å². The number of aliphatic hydroxyl groups is 1. The third kappa shape index (κ3) is 4.61. The molecule has 0 fully saturated rings. The summed E-state index contributed by atoms with van der Waals surface area (Å²) in [5.41, 5.74) is -0.351. The van der Waals surface area contributed by atoms with Crippen LogP contribution in [-0.4, -0.2) is 29.5 Å². The molecule has 0 saturated carbocycles. The number of hydrogen-bond donors (Lipinski definition) is 3. The first kappa shape index (κ1) is 16.7. The molecule has 5 nitrogen and oxygen atoms in total. The van der Waals surface area contributed by atoms with E-state index in [1.54, 1.807) is 6.92 Å². The van der Waals surface area contributed by atoms with Gasteiger partial charge >= 0.3 is 0 Å². The summed E-state index contributed by atoms with van der Waals surface area (Å²) in [5.74, 6) is -0.556.